The molecule has 120 valence electrons. The monoisotopic (exact) mass is 303 g/mol. The maximum absolute atomic E-state index is 11.9. The zero-order chi connectivity index (χ0) is 15.8. The van der Waals surface area contributed by atoms with Crippen LogP contribution >= 0.6 is 0 Å². The van der Waals surface area contributed by atoms with Gasteiger partial charge in [0.1, 0.15) is 0 Å². The topological polar surface area (TPSA) is 64.6 Å². The van der Waals surface area contributed by atoms with Gasteiger partial charge in [0.25, 0.3) is 0 Å². The summed E-state index contributed by atoms with van der Waals surface area (Å²) >= 11 is 0. The number of carbonyl (C=O) groups is 1. The van der Waals surface area contributed by atoms with Gasteiger partial charge in [0.15, 0.2) is 0 Å². The molecule has 0 saturated carbocycles. The van der Waals surface area contributed by atoms with Gasteiger partial charge >= 0.3 is 6.03 Å². The van der Waals surface area contributed by atoms with Crippen LogP contribution < -0.4 is 15.5 Å². The number of benzene rings is 1. The molecule has 0 radical (unpaired) electrons. The highest BCUT2D eigenvalue weighted by atomic mass is 16.3. The Hall–Kier alpha value is -2.01. The van der Waals surface area contributed by atoms with Crippen LogP contribution in [0.3, 0.4) is 0 Å². The van der Waals surface area contributed by atoms with Crippen molar-refractivity contribution in [2.24, 2.45) is 0 Å². The van der Waals surface area contributed by atoms with Crippen LogP contribution in [-0.4, -0.2) is 36.9 Å². The van der Waals surface area contributed by atoms with E-state index in [0.29, 0.717) is 13.0 Å². The van der Waals surface area contributed by atoms with Crippen molar-refractivity contribution >= 4 is 11.7 Å². The van der Waals surface area contributed by atoms with Crippen molar-refractivity contribution in [2.75, 3.05) is 24.6 Å². The Balaban J connectivity index is 1.83. The molecule has 5 nitrogen and oxygen atoms in total. The molecule has 0 aliphatic carbocycles. The summed E-state index contributed by atoms with van der Waals surface area (Å²) in [6.45, 7) is 4.46. The van der Waals surface area contributed by atoms with E-state index in [1.807, 2.05) is 19.1 Å². The van der Waals surface area contributed by atoms with Crippen molar-refractivity contribution in [3.8, 4) is 0 Å². The molecule has 1 aliphatic heterocycles. The second-order valence-corrected chi connectivity index (χ2v) is 5.49. The summed E-state index contributed by atoms with van der Waals surface area (Å²) in [6.07, 6.45) is 5.71. The minimum Gasteiger partial charge on any atom is -0.396 e. The lowest BCUT2D eigenvalue weighted by Crippen LogP contribution is -2.41. The largest absolute Gasteiger partial charge is 0.396 e. The number of anilines is 1. The molecule has 2 amide bonds. The fourth-order valence-corrected chi connectivity index (χ4v) is 2.50. The van der Waals surface area contributed by atoms with Crippen molar-refractivity contribution in [1.82, 2.24) is 10.6 Å². The summed E-state index contributed by atoms with van der Waals surface area (Å²) in [5.41, 5.74) is 2.26. The van der Waals surface area contributed by atoms with Crippen molar-refractivity contribution in [2.45, 2.75) is 32.4 Å². The molecule has 0 saturated heterocycles. The standard InChI is InChI=1S/C17H25N3O2/c1-2-15(8-11-21)19-17(22)18-13-14-6-5-7-16(12-14)20-9-3-4-10-20/h3-7,12,15,21H,2,8-11,13H2,1H3,(H2,18,19,22). The third-order valence-corrected chi connectivity index (χ3v) is 3.85. The SMILES string of the molecule is CCC(CCO)NC(=O)NCc1cccc(N2CC=CC2)c1. The van der Waals surface area contributed by atoms with Gasteiger partial charge < -0.3 is 20.6 Å². The highest BCUT2D eigenvalue weighted by molar-refractivity contribution is 5.74. The predicted octanol–water partition coefficient (Wildman–Crippen LogP) is 2.02. The van der Waals surface area contributed by atoms with E-state index in [0.717, 1.165) is 25.1 Å². The van der Waals surface area contributed by atoms with Crippen LogP contribution in [0, 0.1) is 0 Å². The number of nitrogens with zero attached hydrogens (tertiary/aromatic N) is 1. The Morgan fingerprint density at radius 2 is 2.14 bits per heavy atom. The van der Waals surface area contributed by atoms with Gasteiger partial charge in [0, 0.05) is 38.0 Å². The molecule has 22 heavy (non-hydrogen) atoms. The Labute approximate surface area is 132 Å². The van der Waals surface area contributed by atoms with Gasteiger partial charge in [-0.3, -0.25) is 0 Å². The first kappa shape index (κ1) is 16.4. The summed E-state index contributed by atoms with van der Waals surface area (Å²) in [6, 6.07) is 8.06. The first-order valence-electron chi connectivity index (χ1n) is 7.87. The summed E-state index contributed by atoms with van der Waals surface area (Å²) in [4.78, 5) is 14.2. The van der Waals surface area contributed by atoms with E-state index < -0.39 is 0 Å². The highest BCUT2D eigenvalue weighted by Crippen LogP contribution is 2.18. The third kappa shape index (κ3) is 4.77. The van der Waals surface area contributed by atoms with Crippen LogP contribution in [0.5, 0.6) is 0 Å². The number of rotatable bonds is 7. The number of hydrogen-bond acceptors (Lipinski definition) is 3. The number of aliphatic hydroxyl groups is 1. The number of aliphatic hydroxyl groups excluding tert-OH is 1. The van der Waals surface area contributed by atoms with Gasteiger partial charge in [-0.05, 0) is 30.5 Å². The smallest absolute Gasteiger partial charge is 0.315 e. The maximum atomic E-state index is 11.9. The van der Waals surface area contributed by atoms with Crippen LogP contribution in [0.1, 0.15) is 25.3 Å². The molecule has 1 aromatic rings. The summed E-state index contributed by atoms with van der Waals surface area (Å²) in [5, 5.41) is 14.7. The Bertz CT molecular complexity index is 508. The number of amides is 2. The molecule has 1 unspecified atom stereocenters. The lowest BCUT2D eigenvalue weighted by molar-refractivity contribution is 0.227. The van der Waals surface area contributed by atoms with Crippen LogP contribution in [0.2, 0.25) is 0 Å². The van der Waals surface area contributed by atoms with E-state index in [2.05, 4.69) is 39.8 Å². The van der Waals surface area contributed by atoms with Crippen LogP contribution in [0.15, 0.2) is 36.4 Å². The fourth-order valence-electron chi connectivity index (χ4n) is 2.50. The van der Waals surface area contributed by atoms with Gasteiger partial charge in [-0.15, -0.1) is 0 Å². The number of nitrogens with one attached hydrogen (secondary N) is 2. The quantitative estimate of drug-likeness (QED) is 0.675. The van der Waals surface area contributed by atoms with Crippen LogP contribution in [0.25, 0.3) is 0 Å². The summed E-state index contributed by atoms with van der Waals surface area (Å²) in [5.74, 6) is 0. The van der Waals surface area contributed by atoms with Crippen LogP contribution in [-0.2, 0) is 6.54 Å². The van der Waals surface area contributed by atoms with Gasteiger partial charge in [-0.1, -0.05) is 31.2 Å². The zero-order valence-corrected chi connectivity index (χ0v) is 13.1. The molecule has 0 aromatic heterocycles. The van der Waals surface area contributed by atoms with E-state index in [-0.39, 0.29) is 18.7 Å². The van der Waals surface area contributed by atoms with Crippen molar-refractivity contribution in [3.05, 3.63) is 42.0 Å². The average Bonchev–Trinajstić information content (AvgIpc) is 3.07. The van der Waals surface area contributed by atoms with Crippen molar-refractivity contribution in [3.63, 3.8) is 0 Å². The highest BCUT2D eigenvalue weighted by Gasteiger charge is 2.10. The number of carbonyl (C=O) groups excluding carboxylic acids is 1. The molecular weight excluding hydrogens is 278 g/mol. The van der Waals surface area contributed by atoms with Gasteiger partial charge in [0.05, 0.1) is 0 Å². The van der Waals surface area contributed by atoms with E-state index in [9.17, 15) is 4.79 Å². The normalized spacial score (nSPS) is 14.9. The van der Waals surface area contributed by atoms with E-state index in [1.165, 1.54) is 5.69 Å². The van der Waals surface area contributed by atoms with E-state index in [4.69, 9.17) is 5.11 Å². The second-order valence-electron chi connectivity index (χ2n) is 5.49. The molecule has 0 fully saturated rings. The summed E-state index contributed by atoms with van der Waals surface area (Å²) < 4.78 is 0. The first-order valence-corrected chi connectivity index (χ1v) is 7.87. The molecular formula is C17H25N3O2. The molecule has 5 heteroatoms. The Morgan fingerprint density at radius 1 is 1.36 bits per heavy atom. The fraction of sp³-hybridized carbons (Fsp3) is 0.471. The third-order valence-electron chi connectivity index (χ3n) is 3.85. The van der Waals surface area contributed by atoms with E-state index in [1.54, 1.807) is 0 Å². The predicted molar refractivity (Wildman–Crippen MR) is 88.9 cm³/mol. The first-order chi connectivity index (χ1) is 10.7. The van der Waals surface area contributed by atoms with E-state index >= 15 is 0 Å². The van der Waals surface area contributed by atoms with Gasteiger partial charge in [-0.25, -0.2) is 4.79 Å². The number of urea groups is 1. The van der Waals surface area contributed by atoms with Crippen molar-refractivity contribution < 1.29 is 9.90 Å². The lowest BCUT2D eigenvalue weighted by Gasteiger charge is -2.19. The Morgan fingerprint density at radius 3 is 2.82 bits per heavy atom. The zero-order valence-electron chi connectivity index (χ0n) is 13.1. The van der Waals surface area contributed by atoms with Gasteiger partial charge in [0.2, 0.25) is 0 Å². The Kier molecular flexibility index (Phi) is 6.27. The molecule has 3 N–H and O–H groups in total. The molecule has 1 heterocycles. The minimum absolute atomic E-state index is 0.0204. The van der Waals surface area contributed by atoms with Crippen molar-refractivity contribution in [1.29, 1.82) is 0 Å². The number of hydrogen-bond donors (Lipinski definition) is 3. The maximum Gasteiger partial charge on any atom is 0.315 e. The molecule has 1 aliphatic rings. The average molecular weight is 303 g/mol. The second kappa shape index (κ2) is 8.44. The minimum atomic E-state index is -0.187. The molecule has 2 rings (SSSR count). The molecule has 0 spiro atoms. The molecule has 1 aromatic carbocycles. The molecule has 0 bridgehead atoms. The molecule has 1 atom stereocenters. The van der Waals surface area contributed by atoms with Crippen LogP contribution in [0.4, 0.5) is 10.5 Å². The lowest BCUT2D eigenvalue weighted by atomic mass is 10.1. The van der Waals surface area contributed by atoms with Gasteiger partial charge in [-0.2, -0.15) is 0 Å². The summed E-state index contributed by atoms with van der Waals surface area (Å²) in [7, 11) is 0.